The van der Waals surface area contributed by atoms with Crippen LogP contribution in [-0.2, 0) is 4.79 Å². The third kappa shape index (κ3) is 1.79. The zero-order valence-electron chi connectivity index (χ0n) is 9.86. The van der Waals surface area contributed by atoms with Gasteiger partial charge in [0.15, 0.2) is 5.82 Å². The third-order valence-electron chi connectivity index (χ3n) is 3.37. The van der Waals surface area contributed by atoms with Crippen LogP contribution in [0.25, 0.3) is 5.52 Å². The summed E-state index contributed by atoms with van der Waals surface area (Å²) < 4.78 is 1.76. The summed E-state index contributed by atoms with van der Waals surface area (Å²) in [4.78, 5) is 17.5. The number of carbonyl (C=O) groups is 1. The molecule has 0 radical (unpaired) electrons. The predicted molar refractivity (Wildman–Crippen MR) is 65.6 cm³/mol. The molecular formula is C12H14N4O2. The predicted octanol–water partition coefficient (Wildman–Crippen LogP) is 1.03. The Kier molecular flexibility index (Phi) is 2.62. The van der Waals surface area contributed by atoms with Gasteiger partial charge in [0.05, 0.1) is 12.1 Å². The van der Waals surface area contributed by atoms with Gasteiger partial charge >= 0.3 is 5.97 Å². The van der Waals surface area contributed by atoms with Gasteiger partial charge in [-0.25, -0.2) is 9.50 Å². The maximum absolute atomic E-state index is 11.1. The Bertz CT molecular complexity index is 580. The number of carboxylic acids is 1. The maximum atomic E-state index is 11.1. The molecule has 3 heterocycles. The third-order valence-corrected chi connectivity index (χ3v) is 3.37. The van der Waals surface area contributed by atoms with Crippen LogP contribution in [0.5, 0.6) is 0 Å². The first-order valence-corrected chi connectivity index (χ1v) is 6.02. The fourth-order valence-corrected chi connectivity index (χ4v) is 2.46. The number of fused-ring (bicyclic) bond motifs is 1. The number of anilines is 1. The fourth-order valence-electron chi connectivity index (χ4n) is 2.46. The van der Waals surface area contributed by atoms with Gasteiger partial charge in [-0.15, -0.1) is 0 Å². The van der Waals surface area contributed by atoms with Crippen LogP contribution in [0.2, 0.25) is 0 Å². The fraction of sp³-hybridized carbons (Fsp3) is 0.417. The number of hydrogen-bond acceptors (Lipinski definition) is 4. The van der Waals surface area contributed by atoms with Crippen molar-refractivity contribution in [3.63, 3.8) is 0 Å². The minimum atomic E-state index is -0.722. The summed E-state index contributed by atoms with van der Waals surface area (Å²) in [5.74, 6) is -0.204. The lowest BCUT2D eigenvalue weighted by Gasteiger charge is -2.31. The van der Waals surface area contributed by atoms with Crippen molar-refractivity contribution < 1.29 is 9.90 Å². The van der Waals surface area contributed by atoms with Crippen molar-refractivity contribution in [1.82, 2.24) is 14.6 Å². The van der Waals surface area contributed by atoms with Gasteiger partial charge < -0.3 is 10.0 Å². The number of piperidine rings is 1. The largest absolute Gasteiger partial charge is 0.481 e. The zero-order valence-corrected chi connectivity index (χ0v) is 9.86. The lowest BCUT2D eigenvalue weighted by molar-refractivity contribution is -0.141. The van der Waals surface area contributed by atoms with Gasteiger partial charge in [-0.1, -0.05) is 0 Å². The average Bonchev–Trinajstić information content (AvgIpc) is 2.87. The molecule has 1 aliphatic rings. The standard InChI is InChI=1S/C12H14N4O2/c17-12(18)9-2-1-6-15(8-9)11-10-3-4-14-16(10)7-5-13-11/h3-5,7,9H,1-2,6,8H2,(H,17,18). The summed E-state index contributed by atoms with van der Waals surface area (Å²) in [6.07, 6.45) is 6.83. The second kappa shape index (κ2) is 4.29. The van der Waals surface area contributed by atoms with Crippen LogP contribution in [-0.4, -0.2) is 38.8 Å². The molecule has 1 saturated heterocycles. The molecule has 1 aliphatic heterocycles. The number of hydrogen-bond donors (Lipinski definition) is 1. The molecule has 0 aromatic carbocycles. The molecule has 0 amide bonds. The number of aromatic nitrogens is 3. The smallest absolute Gasteiger partial charge is 0.308 e. The molecule has 1 atom stereocenters. The van der Waals surface area contributed by atoms with E-state index >= 15 is 0 Å². The van der Waals surface area contributed by atoms with E-state index in [1.165, 1.54) is 0 Å². The van der Waals surface area contributed by atoms with E-state index in [2.05, 4.69) is 10.1 Å². The van der Waals surface area contributed by atoms with E-state index in [-0.39, 0.29) is 5.92 Å². The van der Waals surface area contributed by atoms with Crippen LogP contribution in [0.4, 0.5) is 5.82 Å². The highest BCUT2D eigenvalue weighted by atomic mass is 16.4. The van der Waals surface area contributed by atoms with Gasteiger partial charge in [0.1, 0.15) is 5.52 Å². The molecule has 0 spiro atoms. The topological polar surface area (TPSA) is 70.7 Å². The molecule has 1 fully saturated rings. The monoisotopic (exact) mass is 246 g/mol. The molecule has 2 aromatic heterocycles. The number of aliphatic carboxylic acids is 1. The van der Waals surface area contributed by atoms with Crippen LogP contribution in [0.3, 0.4) is 0 Å². The highest BCUT2D eigenvalue weighted by Crippen LogP contribution is 2.24. The summed E-state index contributed by atoms with van der Waals surface area (Å²) in [5.41, 5.74) is 0.920. The summed E-state index contributed by atoms with van der Waals surface area (Å²) in [5, 5.41) is 13.3. The molecule has 0 aliphatic carbocycles. The summed E-state index contributed by atoms with van der Waals surface area (Å²) in [7, 11) is 0. The molecule has 6 nitrogen and oxygen atoms in total. The minimum Gasteiger partial charge on any atom is -0.481 e. The van der Waals surface area contributed by atoms with Crippen molar-refractivity contribution in [2.45, 2.75) is 12.8 Å². The molecule has 2 aromatic rings. The first-order chi connectivity index (χ1) is 8.75. The number of carboxylic acid groups (broad SMARTS) is 1. The van der Waals surface area contributed by atoms with Crippen molar-refractivity contribution in [2.24, 2.45) is 5.92 Å². The SMILES string of the molecule is O=C(O)C1CCCN(c2nccn3nccc23)C1. The lowest BCUT2D eigenvalue weighted by Crippen LogP contribution is -2.39. The van der Waals surface area contributed by atoms with Crippen LogP contribution >= 0.6 is 0 Å². The van der Waals surface area contributed by atoms with Gasteiger partial charge in [0, 0.05) is 25.5 Å². The van der Waals surface area contributed by atoms with Gasteiger partial charge in [-0.05, 0) is 18.9 Å². The van der Waals surface area contributed by atoms with E-state index in [1.807, 2.05) is 11.0 Å². The molecule has 18 heavy (non-hydrogen) atoms. The Morgan fingerprint density at radius 2 is 2.33 bits per heavy atom. The maximum Gasteiger partial charge on any atom is 0.308 e. The Morgan fingerprint density at radius 3 is 3.17 bits per heavy atom. The second-order valence-corrected chi connectivity index (χ2v) is 4.54. The molecule has 94 valence electrons. The van der Waals surface area contributed by atoms with Crippen LogP contribution in [0, 0.1) is 5.92 Å². The van der Waals surface area contributed by atoms with Gasteiger partial charge in [0.2, 0.25) is 0 Å². The Hall–Kier alpha value is -2.11. The normalized spacial score (nSPS) is 20.2. The Balaban J connectivity index is 1.94. The van der Waals surface area contributed by atoms with Crippen molar-refractivity contribution in [1.29, 1.82) is 0 Å². The van der Waals surface area contributed by atoms with E-state index in [1.54, 1.807) is 23.1 Å². The van der Waals surface area contributed by atoms with E-state index in [0.717, 1.165) is 30.7 Å². The minimum absolute atomic E-state index is 0.302. The number of rotatable bonds is 2. The van der Waals surface area contributed by atoms with Gasteiger partial charge in [0.25, 0.3) is 0 Å². The molecule has 1 N–H and O–H groups in total. The van der Waals surface area contributed by atoms with Crippen molar-refractivity contribution in [3.8, 4) is 0 Å². The first kappa shape index (κ1) is 11.0. The quantitative estimate of drug-likeness (QED) is 0.857. The van der Waals surface area contributed by atoms with Crippen molar-refractivity contribution >= 4 is 17.3 Å². The van der Waals surface area contributed by atoms with Crippen LogP contribution < -0.4 is 4.90 Å². The highest BCUT2D eigenvalue weighted by Gasteiger charge is 2.27. The van der Waals surface area contributed by atoms with E-state index in [0.29, 0.717) is 6.54 Å². The summed E-state index contributed by atoms with van der Waals surface area (Å²) >= 11 is 0. The van der Waals surface area contributed by atoms with Crippen LogP contribution in [0.1, 0.15) is 12.8 Å². The van der Waals surface area contributed by atoms with E-state index in [4.69, 9.17) is 5.11 Å². The lowest BCUT2D eigenvalue weighted by atomic mass is 9.98. The highest BCUT2D eigenvalue weighted by molar-refractivity contribution is 5.73. The molecule has 6 heteroatoms. The van der Waals surface area contributed by atoms with Crippen molar-refractivity contribution in [2.75, 3.05) is 18.0 Å². The molecule has 1 unspecified atom stereocenters. The van der Waals surface area contributed by atoms with Gasteiger partial charge in [-0.2, -0.15) is 5.10 Å². The molecule has 3 rings (SSSR count). The van der Waals surface area contributed by atoms with Crippen LogP contribution in [0.15, 0.2) is 24.7 Å². The zero-order chi connectivity index (χ0) is 12.5. The Labute approximate surface area is 104 Å². The van der Waals surface area contributed by atoms with Gasteiger partial charge in [-0.3, -0.25) is 4.79 Å². The van der Waals surface area contributed by atoms with E-state index < -0.39 is 5.97 Å². The summed E-state index contributed by atoms with van der Waals surface area (Å²) in [6.45, 7) is 1.37. The average molecular weight is 246 g/mol. The summed E-state index contributed by atoms with van der Waals surface area (Å²) in [6, 6.07) is 1.90. The van der Waals surface area contributed by atoms with Crippen molar-refractivity contribution in [3.05, 3.63) is 24.7 Å². The Morgan fingerprint density at radius 1 is 1.44 bits per heavy atom. The first-order valence-electron chi connectivity index (χ1n) is 6.02. The molecular weight excluding hydrogens is 232 g/mol. The van der Waals surface area contributed by atoms with E-state index in [9.17, 15) is 4.79 Å². The number of nitrogens with zero attached hydrogens (tertiary/aromatic N) is 4. The second-order valence-electron chi connectivity index (χ2n) is 4.54. The molecule has 0 bridgehead atoms. The molecule has 0 saturated carbocycles.